The summed E-state index contributed by atoms with van der Waals surface area (Å²) >= 11 is 1.13. The van der Waals surface area contributed by atoms with Gasteiger partial charge in [0.2, 0.25) is 0 Å². The van der Waals surface area contributed by atoms with Gasteiger partial charge in [0.15, 0.2) is 9.84 Å². The lowest BCUT2D eigenvalue weighted by Gasteiger charge is -2.18. The first-order valence-electron chi connectivity index (χ1n) is 11.0. The molecule has 0 unspecified atom stereocenters. The molecule has 0 fully saturated rings. The molecule has 5 nitrogen and oxygen atoms in total. The number of benzene rings is 2. The van der Waals surface area contributed by atoms with Gasteiger partial charge in [-0.15, -0.1) is 11.3 Å². The van der Waals surface area contributed by atoms with E-state index in [0.717, 1.165) is 40.3 Å². The first-order chi connectivity index (χ1) is 17.3. The summed E-state index contributed by atoms with van der Waals surface area (Å²) in [6, 6.07) is 17.3. The maximum Gasteiger partial charge on any atom is 0.417 e. The van der Waals surface area contributed by atoms with Gasteiger partial charge in [-0.1, -0.05) is 35.9 Å². The van der Waals surface area contributed by atoms with Gasteiger partial charge in [-0.25, -0.2) is 8.42 Å². The molecule has 0 atom stereocenters. The largest absolute Gasteiger partial charge is 0.417 e. The van der Waals surface area contributed by atoms with Gasteiger partial charge in [-0.3, -0.25) is 4.79 Å². The zero-order valence-electron chi connectivity index (χ0n) is 20.1. The monoisotopic (exact) mass is 542 g/mol. The highest BCUT2D eigenvalue weighted by atomic mass is 32.2. The summed E-state index contributed by atoms with van der Waals surface area (Å²) in [5.41, 5.74) is -0.0889. The van der Waals surface area contributed by atoms with Gasteiger partial charge in [-0.2, -0.15) is 18.4 Å². The fraction of sp³-hybridized carbons (Fsp3) is 0.185. The molecule has 10 heteroatoms. The van der Waals surface area contributed by atoms with Crippen LogP contribution in [0.4, 0.5) is 13.2 Å². The molecule has 0 aliphatic carbocycles. The number of aryl methyl sites for hydroxylation is 2. The Kier molecular flexibility index (Phi) is 6.88. The topological polar surface area (TPSA) is 79.9 Å². The third-order valence-electron chi connectivity index (χ3n) is 5.95. The molecule has 4 rings (SSSR count). The second-order valence-corrected chi connectivity index (χ2v) is 11.8. The molecule has 0 saturated carbocycles. The van der Waals surface area contributed by atoms with E-state index in [9.17, 15) is 31.6 Å². The van der Waals surface area contributed by atoms with Crippen LogP contribution in [-0.4, -0.2) is 19.2 Å². The lowest BCUT2D eigenvalue weighted by atomic mass is 10.0. The van der Waals surface area contributed by atoms with Crippen LogP contribution in [0.25, 0.3) is 21.0 Å². The summed E-state index contributed by atoms with van der Waals surface area (Å²) in [5.74, 6) is 0. The van der Waals surface area contributed by atoms with Crippen molar-refractivity contribution >= 4 is 21.2 Å². The van der Waals surface area contributed by atoms with Crippen LogP contribution in [0.15, 0.2) is 70.4 Å². The normalized spacial score (nSPS) is 11.9. The molecule has 2 aromatic carbocycles. The average molecular weight is 543 g/mol. The number of nitriles is 1. The maximum absolute atomic E-state index is 13.9. The number of thiophene rings is 1. The third-order valence-corrected chi connectivity index (χ3v) is 8.22. The Morgan fingerprint density at radius 1 is 1.00 bits per heavy atom. The van der Waals surface area contributed by atoms with Gasteiger partial charge < -0.3 is 4.57 Å². The average Bonchev–Trinajstić information content (AvgIpc) is 3.30. The van der Waals surface area contributed by atoms with Gasteiger partial charge in [0.1, 0.15) is 11.6 Å². The first-order valence-corrected chi connectivity index (χ1v) is 13.7. The van der Waals surface area contributed by atoms with Gasteiger partial charge in [0.05, 0.1) is 27.6 Å². The second kappa shape index (κ2) is 9.65. The van der Waals surface area contributed by atoms with Gasteiger partial charge in [-0.05, 0) is 60.9 Å². The van der Waals surface area contributed by atoms with Crippen LogP contribution in [0.2, 0.25) is 0 Å². The Hall–Kier alpha value is -3.68. The molecule has 2 heterocycles. The van der Waals surface area contributed by atoms with E-state index in [1.807, 2.05) is 26.0 Å². The molecule has 37 heavy (non-hydrogen) atoms. The van der Waals surface area contributed by atoms with Crippen LogP contribution in [-0.2, 0) is 22.6 Å². The number of sulfone groups is 1. The van der Waals surface area contributed by atoms with Crippen LogP contribution < -0.4 is 5.56 Å². The molecule has 0 aliphatic heterocycles. The van der Waals surface area contributed by atoms with Gasteiger partial charge in [0, 0.05) is 11.1 Å². The molecule has 190 valence electrons. The van der Waals surface area contributed by atoms with Crippen molar-refractivity contribution in [2.24, 2.45) is 0 Å². The molecule has 0 bridgehead atoms. The molecule has 0 spiro atoms. The Morgan fingerprint density at radius 2 is 1.70 bits per heavy atom. The van der Waals surface area contributed by atoms with Crippen molar-refractivity contribution < 1.29 is 21.6 Å². The number of aromatic nitrogens is 1. The van der Waals surface area contributed by atoms with E-state index >= 15 is 0 Å². The number of nitrogens with zero attached hydrogens (tertiary/aromatic N) is 2. The van der Waals surface area contributed by atoms with Crippen LogP contribution in [0.1, 0.15) is 27.8 Å². The van der Waals surface area contributed by atoms with Crippen molar-refractivity contribution in [2.45, 2.75) is 31.5 Å². The molecular formula is C27H21F3N2O3S2. The molecular weight excluding hydrogens is 521 g/mol. The van der Waals surface area contributed by atoms with Crippen LogP contribution >= 0.6 is 11.3 Å². The fourth-order valence-corrected chi connectivity index (χ4v) is 5.74. The molecule has 0 amide bonds. The standard InChI is InChI=1S/C27H21F3N2O3S2/c1-16-7-8-19(17(2)11-16)15-32-23(13-22(27(28,29)30)21(14-31)26(32)33)25-10-9-24(36-25)18-5-4-6-20(12-18)37(3,34)35/h4-13H,15H2,1-3H3. The van der Waals surface area contributed by atoms with Crippen molar-refractivity contribution in [3.05, 3.63) is 98.8 Å². The number of alkyl halides is 3. The minimum absolute atomic E-state index is 0.0202. The Bertz CT molecular complexity index is 1730. The summed E-state index contributed by atoms with van der Waals surface area (Å²) in [6.45, 7) is 3.73. The smallest absolute Gasteiger partial charge is 0.302 e. The lowest BCUT2D eigenvalue weighted by molar-refractivity contribution is -0.137. The summed E-state index contributed by atoms with van der Waals surface area (Å²) < 4.78 is 66.7. The Labute approximate surface area is 216 Å². The fourth-order valence-electron chi connectivity index (χ4n) is 4.04. The van der Waals surface area contributed by atoms with Crippen LogP contribution in [0.3, 0.4) is 0 Å². The minimum atomic E-state index is -4.90. The highest BCUT2D eigenvalue weighted by molar-refractivity contribution is 7.90. The van der Waals surface area contributed by atoms with Crippen LogP contribution in [0.5, 0.6) is 0 Å². The summed E-state index contributed by atoms with van der Waals surface area (Å²) in [6.07, 6.45) is -3.81. The van der Waals surface area contributed by atoms with E-state index in [2.05, 4.69) is 0 Å². The summed E-state index contributed by atoms with van der Waals surface area (Å²) in [7, 11) is -3.46. The first kappa shape index (κ1) is 26.4. The highest BCUT2D eigenvalue weighted by Gasteiger charge is 2.36. The van der Waals surface area contributed by atoms with Gasteiger partial charge >= 0.3 is 6.18 Å². The Morgan fingerprint density at radius 3 is 2.32 bits per heavy atom. The third kappa shape index (κ3) is 5.38. The van der Waals surface area contributed by atoms with Crippen LogP contribution in [0, 0.1) is 25.2 Å². The van der Waals surface area contributed by atoms with Gasteiger partial charge in [0.25, 0.3) is 5.56 Å². The van der Waals surface area contributed by atoms with E-state index in [-0.39, 0.29) is 17.1 Å². The highest BCUT2D eigenvalue weighted by Crippen LogP contribution is 2.38. The zero-order chi connectivity index (χ0) is 27.1. The number of rotatable bonds is 5. The molecule has 0 aliphatic rings. The molecule has 4 aromatic rings. The van der Waals surface area contributed by atoms with Crippen molar-refractivity contribution in [1.29, 1.82) is 5.26 Å². The SMILES string of the molecule is Cc1ccc(Cn2c(-c3ccc(-c4cccc(S(C)(=O)=O)c4)s3)cc(C(F)(F)F)c(C#N)c2=O)c(C)c1. The lowest BCUT2D eigenvalue weighted by Crippen LogP contribution is -2.28. The number of hydrogen-bond donors (Lipinski definition) is 0. The van der Waals surface area contributed by atoms with E-state index in [0.29, 0.717) is 15.3 Å². The van der Waals surface area contributed by atoms with E-state index in [4.69, 9.17) is 0 Å². The predicted octanol–water partition coefficient (Wildman–Crippen LogP) is 6.20. The number of hydrogen-bond acceptors (Lipinski definition) is 5. The van der Waals surface area contributed by atoms with Crippen molar-refractivity contribution in [1.82, 2.24) is 4.57 Å². The Balaban J connectivity index is 1.93. The number of pyridine rings is 1. The number of halogens is 3. The van der Waals surface area contributed by atoms with Crippen molar-refractivity contribution in [2.75, 3.05) is 6.26 Å². The quantitative estimate of drug-likeness (QED) is 0.301. The minimum Gasteiger partial charge on any atom is -0.302 e. The second-order valence-electron chi connectivity index (χ2n) is 8.71. The maximum atomic E-state index is 13.9. The van der Waals surface area contributed by atoms with E-state index in [1.54, 1.807) is 30.3 Å². The van der Waals surface area contributed by atoms with Crippen molar-refractivity contribution in [3.63, 3.8) is 0 Å². The zero-order valence-corrected chi connectivity index (χ0v) is 21.7. The predicted molar refractivity (Wildman–Crippen MR) is 137 cm³/mol. The molecule has 0 saturated heterocycles. The summed E-state index contributed by atoms with van der Waals surface area (Å²) in [4.78, 5) is 14.4. The summed E-state index contributed by atoms with van der Waals surface area (Å²) in [5, 5.41) is 9.44. The van der Waals surface area contributed by atoms with E-state index < -0.39 is 32.7 Å². The van der Waals surface area contributed by atoms with Crippen molar-refractivity contribution in [3.8, 4) is 27.1 Å². The molecule has 0 N–H and O–H groups in total. The molecule has 2 aromatic heterocycles. The molecule has 0 radical (unpaired) electrons. The van der Waals surface area contributed by atoms with E-state index in [1.165, 1.54) is 22.8 Å².